The molecule has 4 heteroatoms. The van der Waals surface area contributed by atoms with Crippen molar-refractivity contribution in [1.82, 2.24) is 0 Å². The van der Waals surface area contributed by atoms with E-state index in [0.29, 0.717) is 13.0 Å². The molecule has 0 aliphatic heterocycles. The third-order valence-electron chi connectivity index (χ3n) is 5.43. The van der Waals surface area contributed by atoms with Crippen molar-refractivity contribution in [2.75, 3.05) is 27.2 Å². The summed E-state index contributed by atoms with van der Waals surface area (Å²) in [6, 6.07) is 0. The Labute approximate surface area is 162 Å². The molecule has 0 rings (SSSR count). The highest BCUT2D eigenvalue weighted by Crippen LogP contribution is 2.23. The number of carboxylic acids is 1. The molecule has 1 unspecified atom stereocenters. The second-order valence-electron chi connectivity index (χ2n) is 8.84. The van der Waals surface area contributed by atoms with Crippen molar-refractivity contribution in [2.45, 2.75) is 109 Å². The molecule has 0 radical (unpaired) electrons. The standard InChI is InChI=1S/C22H45NO3/c1-5-7-8-9-10-11-12-13-14-15-16-17-18-22(26,6-2)20-23(3,4)19-21(24)25/h26H,5-20H2,1-4H3. The Kier molecular flexibility index (Phi) is 14.1. The van der Waals surface area contributed by atoms with E-state index in [1.54, 1.807) is 0 Å². The van der Waals surface area contributed by atoms with Crippen molar-refractivity contribution >= 4 is 5.97 Å². The number of nitrogens with zero attached hydrogens (tertiary/aromatic N) is 1. The Morgan fingerprint density at radius 1 is 0.846 bits per heavy atom. The van der Waals surface area contributed by atoms with Crippen molar-refractivity contribution in [3.05, 3.63) is 0 Å². The molecule has 4 nitrogen and oxygen atoms in total. The first-order chi connectivity index (χ1) is 12.2. The number of unbranched alkanes of at least 4 members (excludes halogenated alkanes) is 11. The van der Waals surface area contributed by atoms with Crippen molar-refractivity contribution in [3.63, 3.8) is 0 Å². The monoisotopic (exact) mass is 371 g/mol. The van der Waals surface area contributed by atoms with E-state index in [-0.39, 0.29) is 11.0 Å². The molecule has 0 amide bonds. The number of hydrogen-bond acceptors (Lipinski definition) is 3. The van der Waals surface area contributed by atoms with Crippen molar-refractivity contribution in [1.29, 1.82) is 0 Å². The van der Waals surface area contributed by atoms with Crippen LogP contribution in [0.4, 0.5) is 0 Å². The van der Waals surface area contributed by atoms with Gasteiger partial charge in [-0.05, 0) is 12.8 Å². The molecule has 0 bridgehead atoms. The zero-order valence-electron chi connectivity index (χ0n) is 18.0. The Bertz CT molecular complexity index is 357. The molecular weight excluding hydrogens is 326 g/mol. The summed E-state index contributed by atoms with van der Waals surface area (Å²) in [5.74, 6) is -1.06. The van der Waals surface area contributed by atoms with Crippen LogP contribution in [0.2, 0.25) is 0 Å². The average Bonchev–Trinajstić information content (AvgIpc) is 2.54. The lowest BCUT2D eigenvalue weighted by atomic mass is 9.91. The minimum Gasteiger partial charge on any atom is -0.544 e. The first-order valence-corrected chi connectivity index (χ1v) is 11.0. The maximum absolute atomic E-state index is 10.9. The Balaban J connectivity index is 3.75. The fourth-order valence-electron chi connectivity index (χ4n) is 3.86. The molecule has 1 atom stereocenters. The number of likely N-dealkylation sites (N-methyl/N-ethyl adjacent to an activating group) is 1. The summed E-state index contributed by atoms with van der Waals surface area (Å²) in [4.78, 5) is 10.9. The largest absolute Gasteiger partial charge is 0.544 e. The topological polar surface area (TPSA) is 60.4 Å². The lowest BCUT2D eigenvalue weighted by molar-refractivity contribution is -0.891. The van der Waals surface area contributed by atoms with E-state index in [2.05, 4.69) is 6.92 Å². The van der Waals surface area contributed by atoms with E-state index >= 15 is 0 Å². The molecule has 0 aromatic rings. The number of rotatable bonds is 18. The van der Waals surface area contributed by atoms with Crippen LogP contribution in [0.1, 0.15) is 104 Å². The van der Waals surface area contributed by atoms with Crippen LogP contribution >= 0.6 is 0 Å². The lowest BCUT2D eigenvalue weighted by Gasteiger charge is -2.38. The molecule has 1 N–H and O–H groups in total. The summed E-state index contributed by atoms with van der Waals surface area (Å²) >= 11 is 0. The van der Waals surface area contributed by atoms with Crippen LogP contribution in [-0.4, -0.2) is 48.3 Å². The Morgan fingerprint density at radius 3 is 1.65 bits per heavy atom. The van der Waals surface area contributed by atoms with Gasteiger partial charge in [0.05, 0.1) is 20.1 Å². The van der Waals surface area contributed by atoms with Crippen LogP contribution in [0, 0.1) is 0 Å². The van der Waals surface area contributed by atoms with Gasteiger partial charge >= 0.3 is 0 Å². The normalized spacial score (nSPS) is 14.3. The second-order valence-corrected chi connectivity index (χ2v) is 8.84. The van der Waals surface area contributed by atoms with E-state index in [1.807, 2.05) is 21.0 Å². The summed E-state index contributed by atoms with van der Waals surface area (Å²) in [6.07, 6.45) is 17.1. The van der Waals surface area contributed by atoms with Crippen molar-refractivity contribution in [2.24, 2.45) is 0 Å². The van der Waals surface area contributed by atoms with E-state index in [9.17, 15) is 15.0 Å². The fraction of sp³-hybridized carbons (Fsp3) is 0.955. The molecule has 0 fully saturated rings. The van der Waals surface area contributed by atoms with E-state index in [0.717, 1.165) is 19.3 Å². The van der Waals surface area contributed by atoms with Gasteiger partial charge in [-0.2, -0.15) is 0 Å². The molecule has 0 heterocycles. The van der Waals surface area contributed by atoms with Gasteiger partial charge in [0.15, 0.2) is 0 Å². The van der Waals surface area contributed by atoms with Crippen molar-refractivity contribution in [3.8, 4) is 0 Å². The SMILES string of the molecule is CCCCCCCCCCCCCCC(O)(CC)C[N+](C)(C)CC(=O)[O-]. The highest BCUT2D eigenvalue weighted by Gasteiger charge is 2.33. The minimum atomic E-state index is -1.06. The maximum atomic E-state index is 10.9. The second kappa shape index (κ2) is 14.4. The van der Waals surface area contributed by atoms with Gasteiger partial charge in [-0.1, -0.05) is 90.9 Å². The minimum absolute atomic E-state index is 0.0548. The molecule has 156 valence electrons. The number of hydrogen-bond donors (Lipinski definition) is 1. The Morgan fingerprint density at radius 2 is 1.27 bits per heavy atom. The summed E-state index contributed by atoms with van der Waals surface area (Å²) in [7, 11) is 3.69. The summed E-state index contributed by atoms with van der Waals surface area (Å²) in [5.41, 5.74) is -0.766. The first-order valence-electron chi connectivity index (χ1n) is 11.0. The van der Waals surface area contributed by atoms with Crippen LogP contribution in [-0.2, 0) is 4.79 Å². The van der Waals surface area contributed by atoms with Gasteiger partial charge < -0.3 is 19.5 Å². The van der Waals surface area contributed by atoms with E-state index in [4.69, 9.17) is 0 Å². The summed E-state index contributed by atoms with van der Waals surface area (Å²) in [5, 5.41) is 21.7. The molecule has 0 aromatic heterocycles. The molecule has 0 aliphatic rings. The molecule has 0 spiro atoms. The van der Waals surface area contributed by atoms with Crippen LogP contribution in [0.25, 0.3) is 0 Å². The zero-order chi connectivity index (χ0) is 19.9. The predicted octanol–water partition coefficient (Wildman–Crippen LogP) is 4.05. The number of carboxylic acid groups (broad SMARTS) is 1. The third kappa shape index (κ3) is 14.5. The van der Waals surface area contributed by atoms with Gasteiger partial charge in [0, 0.05) is 0 Å². The highest BCUT2D eigenvalue weighted by atomic mass is 16.4. The number of quaternary nitrogens is 1. The molecule has 0 saturated carbocycles. The van der Waals surface area contributed by atoms with Crippen LogP contribution in [0.15, 0.2) is 0 Å². The lowest BCUT2D eigenvalue weighted by Crippen LogP contribution is -2.55. The Hall–Kier alpha value is -0.610. The summed E-state index contributed by atoms with van der Waals surface area (Å²) < 4.78 is 0.269. The van der Waals surface area contributed by atoms with Gasteiger partial charge in [0.1, 0.15) is 18.7 Å². The van der Waals surface area contributed by atoms with Crippen LogP contribution in [0.5, 0.6) is 0 Å². The fourth-order valence-corrected chi connectivity index (χ4v) is 3.86. The van der Waals surface area contributed by atoms with Crippen molar-refractivity contribution < 1.29 is 19.5 Å². The van der Waals surface area contributed by atoms with Gasteiger partial charge in [-0.25, -0.2) is 0 Å². The number of carbonyl (C=O) groups is 1. The summed E-state index contributed by atoms with van der Waals surface area (Å²) in [6.45, 7) is 4.66. The molecule has 0 aliphatic carbocycles. The molecular formula is C22H45NO3. The first kappa shape index (κ1) is 25.4. The number of aliphatic carboxylic acids is 1. The zero-order valence-corrected chi connectivity index (χ0v) is 18.0. The van der Waals surface area contributed by atoms with Gasteiger partial charge in [0.2, 0.25) is 0 Å². The molecule has 0 aromatic carbocycles. The average molecular weight is 372 g/mol. The molecule has 0 saturated heterocycles. The van der Waals surface area contributed by atoms with Gasteiger partial charge in [-0.15, -0.1) is 0 Å². The number of aliphatic hydroxyl groups is 1. The molecule has 26 heavy (non-hydrogen) atoms. The van der Waals surface area contributed by atoms with Crippen LogP contribution in [0.3, 0.4) is 0 Å². The van der Waals surface area contributed by atoms with Gasteiger partial charge in [-0.3, -0.25) is 0 Å². The van der Waals surface area contributed by atoms with Crippen LogP contribution < -0.4 is 5.11 Å². The quantitative estimate of drug-likeness (QED) is 0.292. The number of carbonyl (C=O) groups excluding carboxylic acids is 1. The van der Waals surface area contributed by atoms with Gasteiger partial charge in [0.25, 0.3) is 0 Å². The van der Waals surface area contributed by atoms with E-state index in [1.165, 1.54) is 64.2 Å². The third-order valence-corrected chi connectivity index (χ3v) is 5.43. The smallest absolute Gasteiger partial charge is 0.119 e. The maximum Gasteiger partial charge on any atom is 0.119 e. The highest BCUT2D eigenvalue weighted by molar-refractivity contribution is 5.65. The van der Waals surface area contributed by atoms with E-state index < -0.39 is 11.6 Å². The predicted molar refractivity (Wildman–Crippen MR) is 108 cm³/mol.